The largest absolute Gasteiger partial charge is 0.311 e. The van der Waals surface area contributed by atoms with Crippen molar-refractivity contribution < 1.29 is 4.39 Å². The van der Waals surface area contributed by atoms with E-state index in [9.17, 15) is 4.39 Å². The number of rotatable bonds is 5. The molecule has 1 N–H and O–H groups in total. The van der Waals surface area contributed by atoms with E-state index < -0.39 is 0 Å². The fraction of sp³-hybridized carbons (Fsp3) is 0.647. The Labute approximate surface area is 122 Å². The summed E-state index contributed by atoms with van der Waals surface area (Å²) in [5.74, 6) is 0.567. The lowest BCUT2D eigenvalue weighted by Gasteiger charge is -2.40. The zero-order valence-electron chi connectivity index (χ0n) is 12.9. The standard InChI is InChI=1S/C17H27FN2/c1-4-17-10-19-16(9-13(2)3)12-20(17)11-14-5-7-15(18)8-6-14/h5-8,13,16-17,19H,4,9-12H2,1-3H3. The highest BCUT2D eigenvalue weighted by Crippen LogP contribution is 2.18. The van der Waals surface area contributed by atoms with Gasteiger partial charge in [-0.25, -0.2) is 4.39 Å². The molecule has 112 valence electrons. The minimum Gasteiger partial charge on any atom is -0.311 e. The van der Waals surface area contributed by atoms with Crippen molar-refractivity contribution in [1.29, 1.82) is 0 Å². The van der Waals surface area contributed by atoms with Crippen LogP contribution in [0.4, 0.5) is 4.39 Å². The second kappa shape index (κ2) is 7.19. The van der Waals surface area contributed by atoms with Crippen LogP contribution in [0.2, 0.25) is 0 Å². The van der Waals surface area contributed by atoms with E-state index in [2.05, 4.69) is 31.0 Å². The molecular weight excluding hydrogens is 251 g/mol. The molecule has 1 aliphatic rings. The summed E-state index contributed by atoms with van der Waals surface area (Å²) in [6.07, 6.45) is 2.37. The molecule has 1 aromatic rings. The van der Waals surface area contributed by atoms with Gasteiger partial charge in [-0.3, -0.25) is 4.90 Å². The second-order valence-corrected chi connectivity index (χ2v) is 6.35. The lowest BCUT2D eigenvalue weighted by Crippen LogP contribution is -2.56. The van der Waals surface area contributed by atoms with E-state index in [1.54, 1.807) is 12.1 Å². The molecule has 1 saturated heterocycles. The third-order valence-corrected chi connectivity index (χ3v) is 4.14. The van der Waals surface area contributed by atoms with Gasteiger partial charge in [0.15, 0.2) is 0 Å². The van der Waals surface area contributed by atoms with Crippen molar-refractivity contribution in [3.05, 3.63) is 35.6 Å². The summed E-state index contributed by atoms with van der Waals surface area (Å²) >= 11 is 0. The summed E-state index contributed by atoms with van der Waals surface area (Å²) in [6.45, 7) is 9.88. The first-order valence-electron chi connectivity index (χ1n) is 7.80. The first-order valence-corrected chi connectivity index (χ1v) is 7.80. The fourth-order valence-corrected chi connectivity index (χ4v) is 3.08. The third kappa shape index (κ3) is 4.29. The van der Waals surface area contributed by atoms with Crippen LogP contribution in [0, 0.1) is 11.7 Å². The molecule has 0 aromatic heterocycles. The van der Waals surface area contributed by atoms with Crippen molar-refractivity contribution in [2.75, 3.05) is 13.1 Å². The van der Waals surface area contributed by atoms with E-state index >= 15 is 0 Å². The van der Waals surface area contributed by atoms with Gasteiger partial charge in [0.05, 0.1) is 0 Å². The minimum atomic E-state index is -0.154. The van der Waals surface area contributed by atoms with Gasteiger partial charge in [-0.1, -0.05) is 32.9 Å². The summed E-state index contributed by atoms with van der Waals surface area (Å²) in [7, 11) is 0. The first kappa shape index (κ1) is 15.5. The Hall–Kier alpha value is -0.930. The highest BCUT2D eigenvalue weighted by Gasteiger charge is 2.26. The summed E-state index contributed by atoms with van der Waals surface area (Å²) in [6, 6.07) is 8.10. The number of hydrogen-bond donors (Lipinski definition) is 1. The molecule has 2 rings (SSSR count). The van der Waals surface area contributed by atoms with Crippen LogP contribution >= 0.6 is 0 Å². The molecular formula is C17H27FN2. The predicted molar refractivity (Wildman–Crippen MR) is 82.1 cm³/mol. The van der Waals surface area contributed by atoms with Crippen LogP contribution in [-0.4, -0.2) is 30.1 Å². The molecule has 1 fully saturated rings. The smallest absolute Gasteiger partial charge is 0.123 e. The van der Waals surface area contributed by atoms with Crippen molar-refractivity contribution >= 4 is 0 Å². The number of hydrogen-bond acceptors (Lipinski definition) is 2. The van der Waals surface area contributed by atoms with Gasteiger partial charge in [0.25, 0.3) is 0 Å². The van der Waals surface area contributed by atoms with E-state index in [0.29, 0.717) is 12.1 Å². The number of piperazine rings is 1. The van der Waals surface area contributed by atoms with Crippen LogP contribution in [-0.2, 0) is 6.54 Å². The van der Waals surface area contributed by atoms with Crippen LogP contribution in [0.25, 0.3) is 0 Å². The van der Waals surface area contributed by atoms with Crippen molar-refractivity contribution in [2.45, 2.75) is 52.2 Å². The Balaban J connectivity index is 1.99. The lowest BCUT2D eigenvalue weighted by molar-refractivity contribution is 0.111. The van der Waals surface area contributed by atoms with E-state index in [4.69, 9.17) is 0 Å². The Kier molecular flexibility index (Phi) is 5.55. The monoisotopic (exact) mass is 278 g/mol. The van der Waals surface area contributed by atoms with E-state index in [1.807, 2.05) is 12.1 Å². The third-order valence-electron chi connectivity index (χ3n) is 4.14. The predicted octanol–water partition coefficient (Wildman–Crippen LogP) is 3.42. The molecule has 2 unspecified atom stereocenters. The van der Waals surface area contributed by atoms with Gasteiger partial charge in [-0.05, 0) is 36.5 Å². The quantitative estimate of drug-likeness (QED) is 0.888. The molecule has 2 nitrogen and oxygen atoms in total. The van der Waals surface area contributed by atoms with Crippen LogP contribution < -0.4 is 5.32 Å². The van der Waals surface area contributed by atoms with Crippen LogP contribution in [0.15, 0.2) is 24.3 Å². The zero-order chi connectivity index (χ0) is 14.5. The molecule has 0 saturated carbocycles. The van der Waals surface area contributed by atoms with E-state index in [1.165, 1.54) is 12.0 Å². The maximum atomic E-state index is 13.0. The summed E-state index contributed by atoms with van der Waals surface area (Å²) < 4.78 is 13.0. The van der Waals surface area contributed by atoms with Gasteiger partial charge in [-0.15, -0.1) is 0 Å². The first-order chi connectivity index (χ1) is 9.58. The molecule has 0 aliphatic carbocycles. The van der Waals surface area contributed by atoms with Gasteiger partial charge >= 0.3 is 0 Å². The van der Waals surface area contributed by atoms with Crippen LogP contribution in [0.3, 0.4) is 0 Å². The SMILES string of the molecule is CCC1CNC(CC(C)C)CN1Cc1ccc(F)cc1. The Morgan fingerprint density at radius 1 is 1.30 bits per heavy atom. The zero-order valence-corrected chi connectivity index (χ0v) is 12.9. The van der Waals surface area contributed by atoms with Gasteiger partial charge in [0.2, 0.25) is 0 Å². The number of halogens is 1. The van der Waals surface area contributed by atoms with E-state index in [0.717, 1.165) is 32.0 Å². The Morgan fingerprint density at radius 2 is 2.00 bits per heavy atom. The molecule has 0 bridgehead atoms. The topological polar surface area (TPSA) is 15.3 Å². The molecule has 1 aromatic carbocycles. The van der Waals surface area contributed by atoms with Gasteiger partial charge < -0.3 is 5.32 Å². The summed E-state index contributed by atoms with van der Waals surface area (Å²) in [5.41, 5.74) is 1.20. The maximum absolute atomic E-state index is 13.0. The number of nitrogens with zero attached hydrogens (tertiary/aromatic N) is 1. The second-order valence-electron chi connectivity index (χ2n) is 6.35. The van der Waals surface area contributed by atoms with Crippen molar-refractivity contribution in [3.63, 3.8) is 0 Å². The average molecular weight is 278 g/mol. The minimum absolute atomic E-state index is 0.154. The highest BCUT2D eigenvalue weighted by atomic mass is 19.1. The Bertz CT molecular complexity index is 402. The van der Waals surface area contributed by atoms with Crippen LogP contribution in [0.5, 0.6) is 0 Å². The highest BCUT2D eigenvalue weighted by molar-refractivity contribution is 5.16. The van der Waals surface area contributed by atoms with Crippen molar-refractivity contribution in [1.82, 2.24) is 10.2 Å². The number of nitrogens with one attached hydrogen (secondary N) is 1. The summed E-state index contributed by atoms with van der Waals surface area (Å²) in [5, 5.41) is 3.67. The van der Waals surface area contributed by atoms with Crippen molar-refractivity contribution in [3.8, 4) is 0 Å². The molecule has 1 heterocycles. The number of benzene rings is 1. The van der Waals surface area contributed by atoms with Gasteiger partial charge in [-0.2, -0.15) is 0 Å². The molecule has 2 atom stereocenters. The molecule has 3 heteroatoms. The van der Waals surface area contributed by atoms with E-state index in [-0.39, 0.29) is 5.82 Å². The molecule has 0 spiro atoms. The van der Waals surface area contributed by atoms with Gasteiger partial charge in [0, 0.05) is 31.7 Å². The van der Waals surface area contributed by atoms with Gasteiger partial charge in [0.1, 0.15) is 5.82 Å². The van der Waals surface area contributed by atoms with Crippen molar-refractivity contribution in [2.24, 2.45) is 5.92 Å². The molecule has 1 aliphatic heterocycles. The maximum Gasteiger partial charge on any atom is 0.123 e. The lowest BCUT2D eigenvalue weighted by atomic mass is 9.98. The fourth-order valence-electron chi connectivity index (χ4n) is 3.08. The molecule has 20 heavy (non-hydrogen) atoms. The average Bonchev–Trinajstić information content (AvgIpc) is 2.41. The molecule has 0 radical (unpaired) electrons. The normalized spacial score (nSPS) is 24.2. The summed E-state index contributed by atoms with van der Waals surface area (Å²) in [4.78, 5) is 2.55. The molecule has 0 amide bonds. The Morgan fingerprint density at radius 3 is 2.60 bits per heavy atom. The van der Waals surface area contributed by atoms with Crippen LogP contribution in [0.1, 0.15) is 39.2 Å².